The maximum Gasteiger partial charge on any atom is 0.257 e. The Balaban J connectivity index is 1.29. The molecule has 0 spiro atoms. The number of para-hydroxylation sites is 1. The average molecular weight is 483 g/mol. The summed E-state index contributed by atoms with van der Waals surface area (Å²) in [5.74, 6) is 0.388. The van der Waals surface area contributed by atoms with E-state index < -0.39 is 9.84 Å². The Bertz CT molecular complexity index is 1320. The molecule has 1 amide bonds. The van der Waals surface area contributed by atoms with Crippen molar-refractivity contribution in [3.05, 3.63) is 59.2 Å². The van der Waals surface area contributed by atoms with Gasteiger partial charge < -0.3 is 9.80 Å². The first-order chi connectivity index (χ1) is 16.2. The van der Waals surface area contributed by atoms with Crippen molar-refractivity contribution in [2.45, 2.75) is 33.2 Å². The van der Waals surface area contributed by atoms with Crippen LogP contribution in [0.1, 0.15) is 39.9 Å². The summed E-state index contributed by atoms with van der Waals surface area (Å²) in [4.78, 5) is 17.4. The number of carbonyl (C=O) groups excluding carboxylic acids is 1. The van der Waals surface area contributed by atoms with Crippen LogP contribution in [-0.2, 0) is 9.84 Å². The van der Waals surface area contributed by atoms with E-state index >= 15 is 0 Å². The molecule has 2 aliphatic rings. The number of nitrogens with zero attached hydrogens (tertiary/aromatic N) is 6. The molecule has 4 heterocycles. The number of benzene rings is 1. The second kappa shape index (κ2) is 8.57. The Morgan fingerprint density at radius 3 is 2.35 bits per heavy atom. The van der Waals surface area contributed by atoms with Crippen LogP contribution in [0.2, 0.25) is 0 Å². The highest BCUT2D eigenvalue weighted by Gasteiger charge is 2.33. The number of anilines is 1. The number of carbonyl (C=O) groups is 1. The molecule has 0 bridgehead atoms. The van der Waals surface area contributed by atoms with Gasteiger partial charge in [-0.1, -0.05) is 18.2 Å². The fourth-order valence-corrected chi connectivity index (χ4v) is 6.88. The Morgan fingerprint density at radius 1 is 1.00 bits per heavy atom. The first-order valence-corrected chi connectivity index (χ1v) is 13.5. The minimum Gasteiger partial charge on any atom is -0.365 e. The molecule has 0 radical (unpaired) electrons. The van der Waals surface area contributed by atoms with E-state index in [1.807, 2.05) is 60.7 Å². The van der Waals surface area contributed by atoms with Crippen LogP contribution in [0.4, 0.5) is 5.69 Å². The lowest BCUT2D eigenvalue weighted by molar-refractivity contribution is 0.0746. The van der Waals surface area contributed by atoms with E-state index in [0.717, 1.165) is 28.5 Å². The first-order valence-electron chi connectivity index (χ1n) is 11.7. The van der Waals surface area contributed by atoms with Crippen molar-refractivity contribution in [3.8, 4) is 5.69 Å². The standard InChI is InChI=1S/C24H30N6O3S/c1-17-23(19(3)30(26-17)21-9-14-34(32,33)16-21)27-10-12-28(13-11-27)24(31)22-15-25-29(18(22)2)20-7-5-4-6-8-20/h4-8,15,21H,9-14,16H2,1-3H3. The number of aromatic nitrogens is 4. The van der Waals surface area contributed by atoms with Gasteiger partial charge in [-0.25, -0.2) is 13.1 Å². The fraction of sp³-hybridized carbons (Fsp3) is 0.458. The molecule has 2 aliphatic heterocycles. The largest absolute Gasteiger partial charge is 0.365 e. The predicted molar refractivity (Wildman–Crippen MR) is 130 cm³/mol. The predicted octanol–water partition coefficient (Wildman–Crippen LogP) is 2.32. The molecule has 2 aromatic heterocycles. The van der Waals surface area contributed by atoms with Crippen molar-refractivity contribution >= 4 is 21.4 Å². The van der Waals surface area contributed by atoms with Gasteiger partial charge in [0.05, 0.1) is 57.8 Å². The molecule has 0 saturated carbocycles. The van der Waals surface area contributed by atoms with Crippen LogP contribution >= 0.6 is 0 Å². The van der Waals surface area contributed by atoms with E-state index in [1.165, 1.54) is 0 Å². The van der Waals surface area contributed by atoms with Crippen LogP contribution < -0.4 is 4.90 Å². The minimum absolute atomic E-state index is 0.000340. The van der Waals surface area contributed by atoms with Crippen LogP contribution in [0, 0.1) is 20.8 Å². The molecule has 5 rings (SSSR count). The summed E-state index contributed by atoms with van der Waals surface area (Å²) in [6.07, 6.45) is 2.27. The molecule has 1 unspecified atom stereocenters. The molecule has 9 nitrogen and oxygen atoms in total. The SMILES string of the molecule is Cc1nn(C2CCS(=O)(=O)C2)c(C)c1N1CCN(C(=O)c2cnn(-c3ccccc3)c2C)CC1. The number of hydrogen-bond acceptors (Lipinski definition) is 6. The molecular weight excluding hydrogens is 452 g/mol. The van der Waals surface area contributed by atoms with Crippen molar-refractivity contribution in [2.24, 2.45) is 0 Å². The number of aryl methyl sites for hydroxylation is 1. The zero-order valence-corrected chi connectivity index (χ0v) is 20.6. The average Bonchev–Trinajstić information content (AvgIpc) is 3.48. The molecular formula is C24H30N6O3S. The van der Waals surface area contributed by atoms with Crippen LogP contribution in [0.3, 0.4) is 0 Å². The zero-order chi connectivity index (χ0) is 24.0. The lowest BCUT2D eigenvalue weighted by Crippen LogP contribution is -2.49. The summed E-state index contributed by atoms with van der Waals surface area (Å²) in [7, 11) is -2.98. The van der Waals surface area contributed by atoms with Gasteiger partial charge >= 0.3 is 0 Å². The smallest absolute Gasteiger partial charge is 0.257 e. The number of amides is 1. The van der Waals surface area contributed by atoms with Gasteiger partial charge in [0.15, 0.2) is 9.84 Å². The van der Waals surface area contributed by atoms with Gasteiger partial charge in [-0.3, -0.25) is 9.48 Å². The van der Waals surface area contributed by atoms with Gasteiger partial charge in [0, 0.05) is 26.2 Å². The van der Waals surface area contributed by atoms with E-state index in [1.54, 1.807) is 10.9 Å². The maximum atomic E-state index is 13.3. The summed E-state index contributed by atoms with van der Waals surface area (Å²) in [6.45, 7) is 8.53. The summed E-state index contributed by atoms with van der Waals surface area (Å²) in [6, 6.07) is 9.71. The van der Waals surface area contributed by atoms with Gasteiger partial charge in [0.25, 0.3) is 5.91 Å². The molecule has 1 atom stereocenters. The van der Waals surface area contributed by atoms with Gasteiger partial charge in [-0.2, -0.15) is 10.2 Å². The molecule has 2 saturated heterocycles. The molecule has 0 aliphatic carbocycles. The summed E-state index contributed by atoms with van der Waals surface area (Å²) < 4.78 is 27.6. The molecule has 3 aromatic rings. The van der Waals surface area contributed by atoms with E-state index in [4.69, 9.17) is 5.10 Å². The molecule has 180 valence electrons. The number of hydrogen-bond donors (Lipinski definition) is 0. The summed E-state index contributed by atoms with van der Waals surface area (Å²) in [5.41, 5.74) is 5.35. The highest BCUT2D eigenvalue weighted by atomic mass is 32.2. The van der Waals surface area contributed by atoms with Crippen molar-refractivity contribution in [1.29, 1.82) is 0 Å². The number of rotatable bonds is 4. The van der Waals surface area contributed by atoms with E-state index in [0.29, 0.717) is 38.2 Å². The molecule has 10 heteroatoms. The highest BCUT2D eigenvalue weighted by Crippen LogP contribution is 2.32. The highest BCUT2D eigenvalue weighted by molar-refractivity contribution is 7.91. The van der Waals surface area contributed by atoms with Crippen LogP contribution in [-0.4, -0.2) is 76.5 Å². The fourth-order valence-electron chi connectivity index (χ4n) is 5.19. The first kappa shape index (κ1) is 22.6. The lowest BCUT2D eigenvalue weighted by atomic mass is 10.2. The number of sulfone groups is 1. The zero-order valence-electron chi connectivity index (χ0n) is 19.8. The van der Waals surface area contributed by atoms with Crippen molar-refractivity contribution in [1.82, 2.24) is 24.5 Å². The quantitative estimate of drug-likeness (QED) is 0.567. The molecule has 34 heavy (non-hydrogen) atoms. The van der Waals surface area contributed by atoms with Crippen molar-refractivity contribution in [3.63, 3.8) is 0 Å². The van der Waals surface area contributed by atoms with Crippen LogP contribution in [0.15, 0.2) is 36.5 Å². The van der Waals surface area contributed by atoms with Crippen molar-refractivity contribution < 1.29 is 13.2 Å². The van der Waals surface area contributed by atoms with Gasteiger partial charge in [-0.15, -0.1) is 0 Å². The third kappa shape index (κ3) is 4.00. The Kier molecular flexibility index (Phi) is 5.71. The van der Waals surface area contributed by atoms with Gasteiger partial charge in [0.2, 0.25) is 0 Å². The van der Waals surface area contributed by atoms with Gasteiger partial charge in [-0.05, 0) is 39.3 Å². The Hall–Kier alpha value is -3.14. The van der Waals surface area contributed by atoms with Crippen LogP contribution in [0.25, 0.3) is 5.69 Å². The summed E-state index contributed by atoms with van der Waals surface area (Å²) >= 11 is 0. The van der Waals surface area contributed by atoms with Crippen LogP contribution in [0.5, 0.6) is 0 Å². The second-order valence-corrected chi connectivity index (χ2v) is 11.4. The van der Waals surface area contributed by atoms with E-state index in [-0.39, 0.29) is 23.5 Å². The Labute approximate surface area is 199 Å². The summed E-state index contributed by atoms with van der Waals surface area (Å²) in [5, 5.41) is 9.14. The molecule has 2 fully saturated rings. The van der Waals surface area contributed by atoms with E-state index in [2.05, 4.69) is 10.00 Å². The normalized spacial score (nSPS) is 20.1. The molecule has 0 N–H and O–H groups in total. The number of piperazine rings is 1. The third-order valence-electron chi connectivity index (χ3n) is 6.97. The lowest BCUT2D eigenvalue weighted by Gasteiger charge is -2.36. The Morgan fingerprint density at radius 2 is 1.71 bits per heavy atom. The monoisotopic (exact) mass is 482 g/mol. The second-order valence-electron chi connectivity index (χ2n) is 9.19. The van der Waals surface area contributed by atoms with Crippen molar-refractivity contribution in [2.75, 3.05) is 42.6 Å². The maximum absolute atomic E-state index is 13.3. The topological polar surface area (TPSA) is 93.3 Å². The minimum atomic E-state index is -2.98. The van der Waals surface area contributed by atoms with E-state index in [9.17, 15) is 13.2 Å². The third-order valence-corrected chi connectivity index (χ3v) is 8.72. The molecule has 1 aromatic carbocycles. The van der Waals surface area contributed by atoms with Gasteiger partial charge in [0.1, 0.15) is 0 Å².